The van der Waals surface area contributed by atoms with Gasteiger partial charge in [0, 0.05) is 10.6 Å². The lowest BCUT2D eigenvalue weighted by Crippen LogP contribution is -2.21. The van der Waals surface area contributed by atoms with Crippen LogP contribution in [0.25, 0.3) is 11.5 Å². The molecule has 0 atom stereocenters. The largest absolute Gasteiger partial charge is 0.334 e. The highest BCUT2D eigenvalue weighted by atomic mass is 35.5. The summed E-state index contributed by atoms with van der Waals surface area (Å²) in [6.07, 6.45) is 0.957. The van der Waals surface area contributed by atoms with E-state index in [-0.39, 0.29) is 0 Å². The van der Waals surface area contributed by atoms with Gasteiger partial charge >= 0.3 is 0 Å². The van der Waals surface area contributed by atoms with E-state index >= 15 is 0 Å². The first kappa shape index (κ1) is 14.0. The summed E-state index contributed by atoms with van der Waals surface area (Å²) < 4.78 is 5.24. The molecule has 0 aliphatic heterocycles. The molecule has 0 amide bonds. The zero-order valence-corrected chi connectivity index (χ0v) is 11.6. The molecular formula is C13H17ClN4O. The lowest BCUT2D eigenvalue weighted by Gasteiger charge is -2.12. The maximum Gasteiger partial charge on any atom is 0.257 e. The smallest absolute Gasteiger partial charge is 0.257 e. The van der Waals surface area contributed by atoms with Gasteiger partial charge in [-0.1, -0.05) is 16.8 Å². The van der Waals surface area contributed by atoms with E-state index in [0.717, 1.165) is 18.5 Å². The summed E-state index contributed by atoms with van der Waals surface area (Å²) in [5, 5.41) is 4.66. The third-order valence-corrected chi connectivity index (χ3v) is 2.97. The fraction of sp³-hybridized carbons (Fsp3) is 0.385. The minimum absolute atomic E-state index is 0.513. The molecule has 2 rings (SSSR count). The van der Waals surface area contributed by atoms with E-state index in [0.29, 0.717) is 29.8 Å². The van der Waals surface area contributed by atoms with Crippen LogP contribution in [0.15, 0.2) is 28.8 Å². The van der Waals surface area contributed by atoms with Crippen LogP contribution in [-0.4, -0.2) is 35.2 Å². The van der Waals surface area contributed by atoms with Crippen molar-refractivity contribution in [2.24, 2.45) is 5.73 Å². The number of hydrogen-bond acceptors (Lipinski definition) is 5. The van der Waals surface area contributed by atoms with Gasteiger partial charge in [0.05, 0.1) is 6.54 Å². The van der Waals surface area contributed by atoms with Crippen molar-refractivity contribution >= 4 is 11.6 Å². The molecule has 0 saturated heterocycles. The number of nitrogens with zero attached hydrogens (tertiary/aromatic N) is 3. The van der Waals surface area contributed by atoms with Gasteiger partial charge in [0.1, 0.15) is 0 Å². The second-order valence-corrected chi connectivity index (χ2v) is 4.84. The molecule has 5 nitrogen and oxygen atoms in total. The molecular weight excluding hydrogens is 264 g/mol. The summed E-state index contributed by atoms with van der Waals surface area (Å²) in [5.74, 6) is 1.18. The summed E-state index contributed by atoms with van der Waals surface area (Å²) in [5.41, 5.74) is 6.34. The van der Waals surface area contributed by atoms with E-state index in [9.17, 15) is 0 Å². The monoisotopic (exact) mass is 280 g/mol. The predicted octanol–water partition coefficient (Wildman–Crippen LogP) is 2.17. The minimum Gasteiger partial charge on any atom is -0.334 e. The van der Waals surface area contributed by atoms with Crippen LogP contribution < -0.4 is 5.73 Å². The number of nitrogens with two attached hydrogens (primary N) is 1. The first-order chi connectivity index (χ1) is 9.19. The van der Waals surface area contributed by atoms with Gasteiger partial charge < -0.3 is 10.3 Å². The maximum atomic E-state index is 5.84. The quantitative estimate of drug-likeness (QED) is 0.878. The number of rotatable bonds is 6. The summed E-state index contributed by atoms with van der Waals surface area (Å²) in [4.78, 5) is 6.48. The van der Waals surface area contributed by atoms with Gasteiger partial charge in [-0.25, -0.2) is 0 Å². The first-order valence-electron chi connectivity index (χ1n) is 6.16. The third-order valence-electron chi connectivity index (χ3n) is 2.71. The van der Waals surface area contributed by atoms with Gasteiger partial charge in [-0.05, 0) is 50.8 Å². The number of aromatic nitrogens is 2. The molecule has 0 spiro atoms. The van der Waals surface area contributed by atoms with Crippen molar-refractivity contribution in [2.75, 3.05) is 20.1 Å². The molecule has 0 bridgehead atoms. The fourth-order valence-electron chi connectivity index (χ4n) is 1.71. The van der Waals surface area contributed by atoms with Gasteiger partial charge in [0.15, 0.2) is 5.82 Å². The summed E-state index contributed by atoms with van der Waals surface area (Å²) >= 11 is 5.84. The molecule has 0 aliphatic carbocycles. The van der Waals surface area contributed by atoms with Crippen molar-refractivity contribution in [1.29, 1.82) is 0 Å². The van der Waals surface area contributed by atoms with Crippen LogP contribution in [0.2, 0.25) is 5.02 Å². The van der Waals surface area contributed by atoms with E-state index in [1.54, 1.807) is 12.1 Å². The molecule has 0 fully saturated rings. The maximum absolute atomic E-state index is 5.84. The Balaban J connectivity index is 2.00. The highest BCUT2D eigenvalue weighted by Gasteiger charge is 2.10. The van der Waals surface area contributed by atoms with Crippen LogP contribution in [0.1, 0.15) is 12.2 Å². The standard InChI is InChI=1S/C13H17ClN4O/c1-18(8-2-7-15)9-12-16-13(19-17-12)10-3-5-11(14)6-4-10/h3-6H,2,7-9,15H2,1H3. The summed E-state index contributed by atoms with van der Waals surface area (Å²) in [6, 6.07) is 7.32. The van der Waals surface area contributed by atoms with Crippen molar-refractivity contribution in [3.8, 4) is 11.5 Å². The lowest BCUT2D eigenvalue weighted by molar-refractivity contribution is 0.307. The predicted molar refractivity (Wildman–Crippen MR) is 74.7 cm³/mol. The SMILES string of the molecule is CN(CCCN)Cc1noc(-c2ccc(Cl)cc2)n1. The van der Waals surface area contributed by atoms with E-state index < -0.39 is 0 Å². The van der Waals surface area contributed by atoms with Crippen LogP contribution in [0.3, 0.4) is 0 Å². The van der Waals surface area contributed by atoms with Gasteiger partial charge in [0.2, 0.25) is 0 Å². The Morgan fingerprint density at radius 1 is 1.32 bits per heavy atom. The molecule has 0 radical (unpaired) electrons. The zero-order valence-electron chi connectivity index (χ0n) is 10.8. The van der Waals surface area contributed by atoms with Gasteiger partial charge in [0.25, 0.3) is 5.89 Å². The second-order valence-electron chi connectivity index (χ2n) is 4.40. The Morgan fingerprint density at radius 3 is 2.74 bits per heavy atom. The molecule has 6 heteroatoms. The van der Waals surface area contributed by atoms with Crippen LogP contribution in [0.4, 0.5) is 0 Å². The van der Waals surface area contributed by atoms with E-state index in [1.807, 2.05) is 19.2 Å². The molecule has 2 aromatic rings. The molecule has 19 heavy (non-hydrogen) atoms. The Kier molecular flexibility index (Phi) is 4.90. The third kappa shape index (κ3) is 4.02. The van der Waals surface area contributed by atoms with Crippen molar-refractivity contribution in [3.63, 3.8) is 0 Å². The van der Waals surface area contributed by atoms with Crippen LogP contribution in [0.5, 0.6) is 0 Å². The molecule has 102 valence electrons. The zero-order chi connectivity index (χ0) is 13.7. The number of halogens is 1. The first-order valence-corrected chi connectivity index (χ1v) is 6.54. The fourth-order valence-corrected chi connectivity index (χ4v) is 1.84. The van der Waals surface area contributed by atoms with Gasteiger partial charge in [-0.3, -0.25) is 4.90 Å². The average molecular weight is 281 g/mol. The van der Waals surface area contributed by atoms with E-state index in [1.165, 1.54) is 0 Å². The van der Waals surface area contributed by atoms with Crippen molar-refractivity contribution < 1.29 is 4.52 Å². The molecule has 0 saturated carbocycles. The highest BCUT2D eigenvalue weighted by Crippen LogP contribution is 2.19. The van der Waals surface area contributed by atoms with Crippen LogP contribution in [-0.2, 0) is 6.54 Å². The Hall–Kier alpha value is -1.43. The normalized spacial score (nSPS) is 11.2. The van der Waals surface area contributed by atoms with Crippen molar-refractivity contribution in [1.82, 2.24) is 15.0 Å². The topological polar surface area (TPSA) is 68.2 Å². The number of hydrogen-bond donors (Lipinski definition) is 1. The number of benzene rings is 1. The molecule has 1 heterocycles. The van der Waals surface area contributed by atoms with E-state index in [2.05, 4.69) is 15.0 Å². The molecule has 1 aromatic carbocycles. The summed E-state index contributed by atoms with van der Waals surface area (Å²) in [7, 11) is 2.01. The Labute approximate surface area is 117 Å². The second kappa shape index (κ2) is 6.65. The summed E-state index contributed by atoms with van der Waals surface area (Å²) in [6.45, 7) is 2.25. The van der Waals surface area contributed by atoms with Crippen molar-refractivity contribution in [2.45, 2.75) is 13.0 Å². The lowest BCUT2D eigenvalue weighted by atomic mass is 10.2. The van der Waals surface area contributed by atoms with Crippen LogP contribution in [0, 0.1) is 0 Å². The van der Waals surface area contributed by atoms with Crippen molar-refractivity contribution in [3.05, 3.63) is 35.1 Å². The van der Waals surface area contributed by atoms with Gasteiger partial charge in [-0.2, -0.15) is 4.98 Å². The Morgan fingerprint density at radius 2 is 2.05 bits per heavy atom. The molecule has 2 N–H and O–H groups in total. The minimum atomic E-state index is 0.513. The molecule has 1 aromatic heterocycles. The van der Waals surface area contributed by atoms with Gasteiger partial charge in [-0.15, -0.1) is 0 Å². The molecule has 0 aliphatic rings. The average Bonchev–Trinajstić information content (AvgIpc) is 2.85. The van der Waals surface area contributed by atoms with E-state index in [4.69, 9.17) is 21.9 Å². The molecule has 0 unspecified atom stereocenters. The Bertz CT molecular complexity index is 512. The highest BCUT2D eigenvalue weighted by molar-refractivity contribution is 6.30. The van der Waals surface area contributed by atoms with Crippen LogP contribution >= 0.6 is 11.6 Å².